The molecule has 1 fully saturated rings. The second-order valence-corrected chi connectivity index (χ2v) is 8.24. The maximum Gasteiger partial charge on any atom is 0.204 e. The van der Waals surface area contributed by atoms with Crippen molar-refractivity contribution in [2.45, 2.75) is 43.9 Å². The molecular formula is C23H25ClO8. The number of ether oxygens (including phenoxy) is 3. The molecule has 2 aromatic rings. The minimum atomic E-state index is -1.57. The number of ketones is 1. The fraction of sp³-hybridized carbons (Fsp3) is 0.435. The molecule has 1 saturated heterocycles. The minimum absolute atomic E-state index is 0.176. The van der Waals surface area contributed by atoms with Gasteiger partial charge in [-0.05, 0) is 42.2 Å². The third kappa shape index (κ3) is 4.10. The fourth-order valence-corrected chi connectivity index (χ4v) is 4.42. The topological polar surface area (TPSA) is 126 Å². The summed E-state index contributed by atoms with van der Waals surface area (Å²) >= 11 is 6.57. The van der Waals surface area contributed by atoms with Gasteiger partial charge in [-0.2, -0.15) is 0 Å². The van der Waals surface area contributed by atoms with Crippen LogP contribution in [-0.4, -0.2) is 70.4 Å². The highest BCUT2D eigenvalue weighted by atomic mass is 35.5. The predicted molar refractivity (Wildman–Crippen MR) is 114 cm³/mol. The molecule has 0 bridgehead atoms. The molecule has 0 amide bonds. The highest BCUT2D eigenvalue weighted by Crippen LogP contribution is 2.44. The van der Waals surface area contributed by atoms with E-state index in [1.807, 2.05) is 31.2 Å². The zero-order valence-corrected chi connectivity index (χ0v) is 18.2. The van der Waals surface area contributed by atoms with Crippen molar-refractivity contribution in [2.75, 3.05) is 19.8 Å². The van der Waals surface area contributed by atoms with E-state index in [4.69, 9.17) is 25.8 Å². The van der Waals surface area contributed by atoms with Crippen LogP contribution in [0.25, 0.3) is 0 Å². The first kappa shape index (κ1) is 23.0. The van der Waals surface area contributed by atoms with Gasteiger partial charge in [0.05, 0.1) is 23.8 Å². The van der Waals surface area contributed by atoms with Crippen LogP contribution in [0, 0.1) is 0 Å². The number of carbonyl (C=O) groups excluding carboxylic acids is 1. The van der Waals surface area contributed by atoms with E-state index < -0.39 is 37.1 Å². The number of rotatable bonds is 6. The zero-order valence-electron chi connectivity index (χ0n) is 17.4. The Kier molecular flexibility index (Phi) is 6.71. The molecule has 5 atom stereocenters. The quantitative estimate of drug-likeness (QED) is 0.505. The van der Waals surface area contributed by atoms with Gasteiger partial charge in [0.15, 0.2) is 6.61 Å². The number of halogens is 1. The van der Waals surface area contributed by atoms with E-state index in [1.165, 1.54) is 0 Å². The summed E-state index contributed by atoms with van der Waals surface area (Å²) in [7, 11) is 0. The van der Waals surface area contributed by atoms with Gasteiger partial charge in [-0.1, -0.05) is 29.8 Å². The number of hydrogen-bond acceptors (Lipinski definition) is 8. The highest BCUT2D eigenvalue weighted by molar-refractivity contribution is 6.34. The number of benzene rings is 2. The maximum atomic E-state index is 12.6. The molecule has 172 valence electrons. The second kappa shape index (κ2) is 9.35. The molecule has 0 radical (unpaired) electrons. The second-order valence-electron chi connectivity index (χ2n) is 7.86. The van der Waals surface area contributed by atoms with Crippen molar-refractivity contribution in [1.29, 1.82) is 0 Å². The summed E-state index contributed by atoms with van der Waals surface area (Å²) in [6.45, 7) is 1.69. The van der Waals surface area contributed by atoms with E-state index in [0.29, 0.717) is 24.2 Å². The molecule has 0 aromatic heterocycles. The summed E-state index contributed by atoms with van der Waals surface area (Å²) in [4.78, 5) is 12.6. The lowest BCUT2D eigenvalue weighted by Crippen LogP contribution is -2.55. The summed E-state index contributed by atoms with van der Waals surface area (Å²) < 4.78 is 16.7. The van der Waals surface area contributed by atoms with E-state index >= 15 is 0 Å². The van der Waals surface area contributed by atoms with Gasteiger partial charge in [0.25, 0.3) is 0 Å². The standard InChI is InChI=1S/C23H25ClO8/c1-2-30-13-5-3-11(4-6-13)7-12-8-14(17-15(26)10-31-23(17)18(12)24)22-21(29)20(28)19(27)16(9-25)32-22/h3-6,8,16,19-22,25,27-29H,2,7,9-10H2,1H3/t16-,19-,20+,21-,22+/m1/s1. The molecule has 2 aliphatic rings. The molecule has 9 heteroatoms. The Morgan fingerprint density at radius 2 is 1.84 bits per heavy atom. The number of fused-ring (bicyclic) bond motifs is 1. The lowest BCUT2D eigenvalue weighted by molar-refractivity contribution is -0.231. The Hall–Kier alpha value is -2.20. The SMILES string of the molecule is CCOc1ccc(Cc2cc([C@@H]3O[C@H](CO)[C@@H](O)[C@H](O)[C@H]3O)c3c(c2Cl)OCC3=O)cc1. The van der Waals surface area contributed by atoms with Crippen molar-refractivity contribution < 1.29 is 39.4 Å². The molecule has 2 heterocycles. The molecule has 2 aromatic carbocycles. The monoisotopic (exact) mass is 464 g/mol. The Morgan fingerprint density at radius 1 is 1.12 bits per heavy atom. The molecule has 4 N–H and O–H groups in total. The minimum Gasteiger partial charge on any atom is -0.494 e. The van der Waals surface area contributed by atoms with E-state index in [1.54, 1.807) is 6.07 Å². The summed E-state index contributed by atoms with van der Waals surface area (Å²) in [5.41, 5.74) is 2.04. The van der Waals surface area contributed by atoms with E-state index in [9.17, 15) is 25.2 Å². The van der Waals surface area contributed by atoms with Gasteiger partial charge >= 0.3 is 0 Å². The number of aliphatic hydroxyl groups excluding tert-OH is 4. The van der Waals surface area contributed by atoms with Gasteiger partial charge in [-0.15, -0.1) is 0 Å². The lowest BCUT2D eigenvalue weighted by Gasteiger charge is -2.40. The van der Waals surface area contributed by atoms with Gasteiger partial charge in [-0.25, -0.2) is 0 Å². The third-order valence-electron chi connectivity index (χ3n) is 5.78. The van der Waals surface area contributed by atoms with Crippen LogP contribution in [0.5, 0.6) is 11.5 Å². The van der Waals surface area contributed by atoms with Gasteiger partial charge in [0.1, 0.15) is 42.0 Å². The van der Waals surface area contributed by atoms with Crippen molar-refractivity contribution in [3.8, 4) is 11.5 Å². The Balaban J connectivity index is 1.74. The Morgan fingerprint density at radius 3 is 2.50 bits per heavy atom. The van der Waals surface area contributed by atoms with Crippen LogP contribution in [0.15, 0.2) is 30.3 Å². The fourth-order valence-electron chi connectivity index (χ4n) is 4.14. The first-order chi connectivity index (χ1) is 15.3. The van der Waals surface area contributed by atoms with Gasteiger partial charge < -0.3 is 34.6 Å². The van der Waals surface area contributed by atoms with Crippen LogP contribution in [0.3, 0.4) is 0 Å². The Labute approximate surface area is 189 Å². The Bertz CT molecular complexity index is 990. The average Bonchev–Trinajstić information content (AvgIpc) is 3.18. The van der Waals surface area contributed by atoms with Crippen LogP contribution < -0.4 is 9.47 Å². The predicted octanol–water partition coefficient (Wildman–Crippen LogP) is 1.42. The van der Waals surface area contributed by atoms with Crippen molar-refractivity contribution in [2.24, 2.45) is 0 Å². The maximum absolute atomic E-state index is 12.6. The van der Waals surface area contributed by atoms with Crippen molar-refractivity contribution in [1.82, 2.24) is 0 Å². The number of hydrogen-bond donors (Lipinski definition) is 4. The molecule has 0 unspecified atom stereocenters. The summed E-state index contributed by atoms with van der Waals surface area (Å²) in [6, 6.07) is 9.14. The van der Waals surface area contributed by atoms with Crippen LogP contribution in [0.4, 0.5) is 0 Å². The van der Waals surface area contributed by atoms with Gasteiger partial charge in [-0.3, -0.25) is 4.79 Å². The number of Topliss-reactive ketones (excluding diaryl/α,β-unsaturated/α-hetero) is 1. The molecule has 2 aliphatic heterocycles. The number of carbonyl (C=O) groups is 1. The molecule has 8 nitrogen and oxygen atoms in total. The lowest BCUT2D eigenvalue weighted by atomic mass is 9.86. The average molecular weight is 465 g/mol. The normalized spacial score (nSPS) is 27.2. The molecule has 0 spiro atoms. The summed E-state index contributed by atoms with van der Waals surface area (Å²) in [5.74, 6) is 0.612. The van der Waals surface area contributed by atoms with E-state index in [2.05, 4.69) is 0 Å². The molecule has 0 aliphatic carbocycles. The van der Waals surface area contributed by atoms with Crippen LogP contribution >= 0.6 is 11.6 Å². The smallest absolute Gasteiger partial charge is 0.204 e. The first-order valence-corrected chi connectivity index (χ1v) is 10.8. The summed E-state index contributed by atoms with van der Waals surface area (Å²) in [5, 5.41) is 40.8. The largest absolute Gasteiger partial charge is 0.494 e. The van der Waals surface area contributed by atoms with Crippen LogP contribution in [0.2, 0.25) is 5.02 Å². The van der Waals surface area contributed by atoms with Crippen molar-refractivity contribution in [3.05, 3.63) is 57.6 Å². The molecule has 32 heavy (non-hydrogen) atoms. The highest BCUT2D eigenvalue weighted by Gasteiger charge is 2.46. The van der Waals surface area contributed by atoms with Crippen molar-refractivity contribution >= 4 is 17.4 Å². The third-order valence-corrected chi connectivity index (χ3v) is 6.20. The molecule has 0 saturated carbocycles. The van der Waals surface area contributed by atoms with Crippen LogP contribution in [0.1, 0.15) is 40.1 Å². The number of aliphatic hydroxyl groups is 4. The first-order valence-electron chi connectivity index (χ1n) is 10.4. The zero-order chi connectivity index (χ0) is 23.0. The molecular weight excluding hydrogens is 440 g/mol. The molecule has 4 rings (SSSR count). The van der Waals surface area contributed by atoms with E-state index in [-0.39, 0.29) is 28.7 Å². The summed E-state index contributed by atoms with van der Waals surface area (Å²) in [6.07, 6.45) is -6.45. The van der Waals surface area contributed by atoms with E-state index in [0.717, 1.165) is 11.3 Å². The van der Waals surface area contributed by atoms with Gasteiger partial charge in [0, 0.05) is 0 Å². The van der Waals surface area contributed by atoms with Gasteiger partial charge in [0.2, 0.25) is 5.78 Å². The van der Waals surface area contributed by atoms with Crippen molar-refractivity contribution in [3.63, 3.8) is 0 Å². The van der Waals surface area contributed by atoms with Crippen LogP contribution in [-0.2, 0) is 11.2 Å².